The number of aliphatic hydroxyl groups excluding tert-OH is 1. The zero-order valence-electron chi connectivity index (χ0n) is 11.3. The summed E-state index contributed by atoms with van der Waals surface area (Å²) in [5, 5.41) is 10.1. The van der Waals surface area contributed by atoms with Gasteiger partial charge in [-0.2, -0.15) is 0 Å². The van der Waals surface area contributed by atoms with Crippen LogP contribution in [-0.2, 0) is 23.6 Å². The summed E-state index contributed by atoms with van der Waals surface area (Å²) in [7, 11) is 1.64. The molecule has 0 saturated carbocycles. The predicted octanol–water partition coefficient (Wildman–Crippen LogP) is 2.45. The minimum atomic E-state index is -0.233. The van der Waals surface area contributed by atoms with Crippen LogP contribution in [0.15, 0.2) is 35.6 Å². The lowest BCUT2D eigenvalue weighted by Crippen LogP contribution is -2.09. The fraction of sp³-hybridized carbons (Fsp3) is 0.357. The molecule has 0 aliphatic heterocycles. The summed E-state index contributed by atoms with van der Waals surface area (Å²) in [6.45, 7) is 1.17. The largest absolute Gasteiger partial charge is 0.390 e. The minimum absolute atomic E-state index is 0.0478. The van der Waals surface area contributed by atoms with E-state index in [4.69, 9.17) is 4.74 Å². The zero-order valence-corrected chi connectivity index (χ0v) is 12.1. The summed E-state index contributed by atoms with van der Waals surface area (Å²) in [5.41, 5.74) is 1.80. The molecule has 0 atom stereocenters. The summed E-state index contributed by atoms with van der Waals surface area (Å²) in [6.07, 6.45) is 1.67. The van der Waals surface area contributed by atoms with Gasteiger partial charge in [-0.1, -0.05) is 23.9 Å². The van der Waals surface area contributed by atoms with Crippen molar-refractivity contribution in [2.24, 2.45) is 0 Å². The van der Waals surface area contributed by atoms with Crippen molar-refractivity contribution in [1.29, 1.82) is 0 Å². The molecule has 1 aromatic heterocycles. The van der Waals surface area contributed by atoms with Crippen LogP contribution in [0.3, 0.4) is 0 Å². The number of aliphatic hydroxyl groups is 1. The predicted molar refractivity (Wildman–Crippen MR) is 76.0 cm³/mol. The first-order chi connectivity index (χ1) is 9.74. The van der Waals surface area contributed by atoms with E-state index in [2.05, 4.69) is 4.98 Å². The lowest BCUT2D eigenvalue weighted by Gasteiger charge is -2.10. The average Bonchev–Trinajstić information content (AvgIpc) is 2.86. The molecule has 6 heteroatoms. The number of ether oxygens (including phenoxy) is 1. The number of benzene rings is 1. The molecule has 4 nitrogen and oxygen atoms in total. The van der Waals surface area contributed by atoms with Gasteiger partial charge in [0.15, 0.2) is 5.16 Å². The van der Waals surface area contributed by atoms with Crippen LogP contribution in [0.1, 0.15) is 11.3 Å². The molecule has 2 rings (SSSR count). The molecule has 0 spiro atoms. The van der Waals surface area contributed by atoms with Crippen LogP contribution in [0.25, 0.3) is 0 Å². The lowest BCUT2D eigenvalue weighted by atomic mass is 10.2. The number of nitrogens with zero attached hydrogens (tertiary/aromatic N) is 2. The molecule has 2 aromatic rings. The quantitative estimate of drug-likeness (QED) is 0.797. The number of hydrogen-bond donors (Lipinski definition) is 1. The van der Waals surface area contributed by atoms with Gasteiger partial charge < -0.3 is 14.4 Å². The average molecular weight is 296 g/mol. The van der Waals surface area contributed by atoms with E-state index in [1.807, 2.05) is 4.57 Å². The first-order valence-corrected chi connectivity index (χ1v) is 7.24. The van der Waals surface area contributed by atoms with Crippen LogP contribution in [0.4, 0.5) is 4.39 Å². The molecule has 20 heavy (non-hydrogen) atoms. The van der Waals surface area contributed by atoms with E-state index in [1.165, 1.54) is 12.1 Å². The molecule has 0 radical (unpaired) electrons. The van der Waals surface area contributed by atoms with Crippen LogP contribution in [-0.4, -0.2) is 28.4 Å². The highest BCUT2D eigenvalue weighted by Gasteiger charge is 2.10. The monoisotopic (exact) mass is 296 g/mol. The van der Waals surface area contributed by atoms with E-state index in [-0.39, 0.29) is 12.4 Å². The summed E-state index contributed by atoms with van der Waals surface area (Å²) in [4.78, 5) is 4.31. The number of halogens is 1. The molecule has 0 bridgehead atoms. The van der Waals surface area contributed by atoms with Crippen LogP contribution in [0, 0.1) is 5.82 Å². The second-order valence-corrected chi connectivity index (χ2v) is 5.19. The van der Waals surface area contributed by atoms with Crippen molar-refractivity contribution in [3.63, 3.8) is 0 Å². The number of hydrogen-bond acceptors (Lipinski definition) is 4. The molecular weight excluding hydrogens is 279 g/mol. The molecule has 1 aromatic carbocycles. The van der Waals surface area contributed by atoms with Gasteiger partial charge in [-0.25, -0.2) is 9.37 Å². The molecule has 108 valence electrons. The Balaban J connectivity index is 2.04. The Kier molecular flexibility index (Phi) is 5.58. The van der Waals surface area contributed by atoms with Crippen molar-refractivity contribution in [3.8, 4) is 0 Å². The third-order valence-electron chi connectivity index (χ3n) is 2.86. The van der Waals surface area contributed by atoms with Gasteiger partial charge in [-0.3, -0.25) is 0 Å². The molecular formula is C14H17FN2O2S. The first kappa shape index (κ1) is 15.0. The Morgan fingerprint density at radius 1 is 1.35 bits per heavy atom. The van der Waals surface area contributed by atoms with E-state index in [1.54, 1.807) is 37.2 Å². The highest BCUT2D eigenvalue weighted by Crippen LogP contribution is 2.23. The maximum atomic E-state index is 12.8. The zero-order chi connectivity index (χ0) is 14.4. The van der Waals surface area contributed by atoms with E-state index >= 15 is 0 Å². The van der Waals surface area contributed by atoms with Crippen LogP contribution in [0.2, 0.25) is 0 Å². The maximum absolute atomic E-state index is 12.8. The lowest BCUT2D eigenvalue weighted by molar-refractivity contribution is 0.180. The van der Waals surface area contributed by atoms with Gasteiger partial charge >= 0.3 is 0 Å². The molecule has 0 fully saturated rings. The van der Waals surface area contributed by atoms with Gasteiger partial charge in [-0.15, -0.1) is 0 Å². The van der Waals surface area contributed by atoms with Gasteiger partial charge in [-0.05, 0) is 17.7 Å². The normalized spacial score (nSPS) is 10.9. The van der Waals surface area contributed by atoms with Crippen molar-refractivity contribution in [2.45, 2.75) is 24.1 Å². The second-order valence-electron chi connectivity index (χ2n) is 4.25. The van der Waals surface area contributed by atoms with E-state index in [9.17, 15) is 9.50 Å². The summed E-state index contributed by atoms with van der Waals surface area (Å²) < 4.78 is 19.8. The molecule has 1 N–H and O–H groups in total. The molecule has 0 aliphatic rings. The van der Waals surface area contributed by atoms with Gasteiger partial charge in [0.25, 0.3) is 0 Å². The van der Waals surface area contributed by atoms with Crippen LogP contribution in [0.5, 0.6) is 0 Å². The second kappa shape index (κ2) is 7.42. The van der Waals surface area contributed by atoms with Crippen molar-refractivity contribution in [3.05, 3.63) is 47.5 Å². The molecule has 0 amide bonds. The maximum Gasteiger partial charge on any atom is 0.168 e. The van der Waals surface area contributed by atoms with Crippen molar-refractivity contribution < 1.29 is 14.2 Å². The summed E-state index contributed by atoms with van der Waals surface area (Å²) in [6, 6.07) is 6.42. The number of rotatable bonds is 7. The third kappa shape index (κ3) is 3.82. The van der Waals surface area contributed by atoms with Gasteiger partial charge in [0.1, 0.15) is 5.82 Å². The van der Waals surface area contributed by atoms with Gasteiger partial charge in [0, 0.05) is 19.4 Å². The number of aromatic nitrogens is 2. The van der Waals surface area contributed by atoms with Crippen molar-refractivity contribution in [1.82, 2.24) is 9.55 Å². The summed E-state index contributed by atoms with van der Waals surface area (Å²) in [5.74, 6) is 0.470. The molecule has 0 aliphatic carbocycles. The van der Waals surface area contributed by atoms with E-state index < -0.39 is 0 Å². The smallest absolute Gasteiger partial charge is 0.168 e. The molecule has 0 unspecified atom stereocenters. The fourth-order valence-electron chi connectivity index (χ4n) is 1.78. The van der Waals surface area contributed by atoms with Gasteiger partial charge in [0.2, 0.25) is 0 Å². The summed E-state index contributed by atoms with van der Waals surface area (Å²) >= 11 is 1.56. The Labute approximate surface area is 121 Å². The van der Waals surface area contributed by atoms with Crippen LogP contribution < -0.4 is 0 Å². The van der Waals surface area contributed by atoms with Gasteiger partial charge in [0.05, 0.1) is 25.1 Å². The minimum Gasteiger partial charge on any atom is -0.390 e. The topological polar surface area (TPSA) is 47.3 Å². The van der Waals surface area contributed by atoms with E-state index in [0.29, 0.717) is 18.9 Å². The Bertz CT molecular complexity index is 543. The SMILES string of the molecule is COCCn1c(CO)cnc1SCc1ccc(F)cc1. The van der Waals surface area contributed by atoms with E-state index in [0.717, 1.165) is 16.4 Å². The highest BCUT2D eigenvalue weighted by atomic mass is 32.2. The molecule has 1 heterocycles. The Morgan fingerprint density at radius 2 is 2.10 bits per heavy atom. The highest BCUT2D eigenvalue weighted by molar-refractivity contribution is 7.98. The number of thioether (sulfide) groups is 1. The first-order valence-electron chi connectivity index (χ1n) is 6.26. The van der Waals surface area contributed by atoms with Crippen molar-refractivity contribution >= 4 is 11.8 Å². The Morgan fingerprint density at radius 3 is 2.75 bits per heavy atom. The van der Waals surface area contributed by atoms with Crippen molar-refractivity contribution in [2.75, 3.05) is 13.7 Å². The standard InChI is InChI=1S/C14H17FN2O2S/c1-19-7-6-17-13(9-18)8-16-14(17)20-10-11-2-4-12(15)5-3-11/h2-5,8,18H,6-7,9-10H2,1H3. The number of methoxy groups -OCH3 is 1. The Hall–Kier alpha value is -1.37. The fourth-order valence-corrected chi connectivity index (χ4v) is 2.76. The number of imidazole rings is 1. The molecule has 0 saturated heterocycles. The third-order valence-corrected chi connectivity index (χ3v) is 3.93. The van der Waals surface area contributed by atoms with Crippen LogP contribution >= 0.6 is 11.8 Å².